The molecular weight excluding hydrogens is 666 g/mol. The first-order valence-corrected chi connectivity index (χ1v) is 17.6. The second-order valence-electron chi connectivity index (χ2n) is 14.0. The molecule has 4 aromatic carbocycles. The van der Waals surface area contributed by atoms with Crippen LogP contribution in [0.5, 0.6) is 0 Å². The summed E-state index contributed by atoms with van der Waals surface area (Å²) in [6, 6.07) is 23.9. The molecule has 0 fully saturated rings. The van der Waals surface area contributed by atoms with Gasteiger partial charge < -0.3 is 0 Å². The van der Waals surface area contributed by atoms with E-state index >= 15 is 0 Å². The lowest BCUT2D eigenvalue weighted by atomic mass is 10.0. The van der Waals surface area contributed by atoms with Crippen LogP contribution in [0.15, 0.2) is 91.0 Å². The van der Waals surface area contributed by atoms with Crippen molar-refractivity contribution in [2.24, 2.45) is 11.8 Å². The minimum Gasteiger partial charge on any atom is -0.207 e. The topological polar surface area (TPSA) is 0 Å². The summed E-state index contributed by atoms with van der Waals surface area (Å²) in [5.41, 5.74) is 3.68. The lowest BCUT2D eigenvalue weighted by Gasteiger charge is -2.09. The van der Waals surface area contributed by atoms with Crippen molar-refractivity contribution in [1.29, 1.82) is 0 Å². The van der Waals surface area contributed by atoms with Crippen molar-refractivity contribution >= 4 is 11.6 Å². The molecule has 0 spiro atoms. The molecule has 0 aliphatic heterocycles. The van der Waals surface area contributed by atoms with Gasteiger partial charge in [-0.15, -0.1) is 0 Å². The van der Waals surface area contributed by atoms with Gasteiger partial charge in [-0.05, 0) is 106 Å². The van der Waals surface area contributed by atoms with E-state index in [4.69, 9.17) is 11.6 Å². The second-order valence-corrected chi connectivity index (χ2v) is 14.4. The average molecular weight is 723 g/mol. The highest BCUT2D eigenvalue weighted by molar-refractivity contribution is 6.30. The number of hydrogen-bond donors (Lipinski definition) is 0. The summed E-state index contributed by atoms with van der Waals surface area (Å²) >= 11 is 5.72. The summed E-state index contributed by atoms with van der Waals surface area (Å²) in [7, 11) is 0. The summed E-state index contributed by atoms with van der Waals surface area (Å²) in [6.45, 7) is 25.3. The SMILES string of the molecule is CC(C)C(C)C.CC(C)c1ccc(C(F)(F)F)cc1.CC(C)c1ccc(Cl)cc1.CC(C)c1ccc(F)c(F)c1.CC(C)c1ccc(F)cc1. The smallest absolute Gasteiger partial charge is 0.207 e. The van der Waals surface area contributed by atoms with E-state index in [0.29, 0.717) is 11.8 Å². The van der Waals surface area contributed by atoms with Crippen molar-refractivity contribution < 1.29 is 26.3 Å². The van der Waals surface area contributed by atoms with E-state index in [0.717, 1.165) is 46.2 Å². The minimum absolute atomic E-state index is 0.163. The van der Waals surface area contributed by atoms with Crippen LogP contribution in [0.25, 0.3) is 0 Å². The van der Waals surface area contributed by atoms with Crippen LogP contribution in [0.4, 0.5) is 26.3 Å². The van der Waals surface area contributed by atoms with Crippen LogP contribution in [0, 0.1) is 29.3 Å². The number of benzene rings is 4. The van der Waals surface area contributed by atoms with Gasteiger partial charge in [-0.2, -0.15) is 13.2 Å². The number of halogens is 7. The summed E-state index contributed by atoms with van der Waals surface area (Å²) < 4.78 is 73.7. The van der Waals surface area contributed by atoms with Crippen molar-refractivity contribution in [3.05, 3.63) is 141 Å². The molecule has 0 saturated carbocycles. The maximum Gasteiger partial charge on any atom is 0.416 e. The molecular formula is C43H57ClF6. The Kier molecular flexibility index (Phi) is 21.8. The Hall–Kier alpha value is -3.25. The molecule has 0 aliphatic carbocycles. The lowest BCUT2D eigenvalue weighted by Crippen LogP contribution is -2.04. The van der Waals surface area contributed by atoms with Crippen molar-refractivity contribution in [3.8, 4) is 0 Å². The van der Waals surface area contributed by atoms with Crippen LogP contribution in [0.2, 0.25) is 5.02 Å². The van der Waals surface area contributed by atoms with Crippen molar-refractivity contribution in [3.63, 3.8) is 0 Å². The second kappa shape index (κ2) is 23.3. The first-order chi connectivity index (χ1) is 23.1. The van der Waals surface area contributed by atoms with E-state index < -0.39 is 23.4 Å². The summed E-state index contributed by atoms with van der Waals surface area (Å²) in [6.07, 6.45) is -4.23. The molecule has 0 nitrogen and oxygen atoms in total. The van der Waals surface area contributed by atoms with Gasteiger partial charge in [0.05, 0.1) is 5.56 Å². The molecule has 4 aromatic rings. The highest BCUT2D eigenvalue weighted by Crippen LogP contribution is 2.30. The van der Waals surface area contributed by atoms with Gasteiger partial charge in [-0.25, -0.2) is 13.2 Å². The van der Waals surface area contributed by atoms with E-state index in [-0.39, 0.29) is 17.7 Å². The molecule has 0 aliphatic rings. The fourth-order valence-corrected chi connectivity index (χ4v) is 3.75. The normalized spacial score (nSPS) is 11.0. The monoisotopic (exact) mass is 722 g/mol. The Morgan fingerprint density at radius 3 is 1.04 bits per heavy atom. The predicted molar refractivity (Wildman–Crippen MR) is 202 cm³/mol. The van der Waals surface area contributed by atoms with Crippen LogP contribution in [0.1, 0.15) is 135 Å². The van der Waals surface area contributed by atoms with Crippen LogP contribution < -0.4 is 0 Å². The van der Waals surface area contributed by atoms with Crippen molar-refractivity contribution in [2.75, 3.05) is 0 Å². The fourth-order valence-electron chi connectivity index (χ4n) is 3.62. The third-order valence-corrected chi connectivity index (χ3v) is 8.17. The zero-order valence-corrected chi connectivity index (χ0v) is 32.5. The van der Waals surface area contributed by atoms with Crippen LogP contribution in [-0.2, 0) is 6.18 Å². The zero-order chi connectivity index (χ0) is 38.8. The van der Waals surface area contributed by atoms with E-state index in [2.05, 4.69) is 67.5 Å². The molecule has 0 bridgehead atoms. The van der Waals surface area contributed by atoms with Gasteiger partial charge >= 0.3 is 6.18 Å². The Balaban J connectivity index is 0.000000611. The molecule has 0 amide bonds. The molecule has 0 radical (unpaired) electrons. The number of alkyl halides is 3. The van der Waals surface area contributed by atoms with Crippen LogP contribution in [-0.4, -0.2) is 0 Å². The molecule has 278 valence electrons. The first-order valence-electron chi connectivity index (χ1n) is 17.2. The van der Waals surface area contributed by atoms with E-state index in [1.165, 1.54) is 41.5 Å². The largest absolute Gasteiger partial charge is 0.416 e. The lowest BCUT2D eigenvalue weighted by molar-refractivity contribution is -0.137. The zero-order valence-electron chi connectivity index (χ0n) is 31.8. The fraction of sp³-hybridized carbons (Fsp3) is 0.442. The molecule has 0 unspecified atom stereocenters. The average Bonchev–Trinajstić information content (AvgIpc) is 3.03. The summed E-state index contributed by atoms with van der Waals surface area (Å²) in [5, 5.41) is 0.810. The quantitative estimate of drug-likeness (QED) is 0.180. The van der Waals surface area contributed by atoms with Gasteiger partial charge in [0.15, 0.2) is 11.6 Å². The predicted octanol–water partition coefficient (Wildman–Crippen LogP) is 15.6. The highest BCUT2D eigenvalue weighted by atomic mass is 35.5. The van der Waals surface area contributed by atoms with Crippen LogP contribution >= 0.6 is 11.6 Å². The Morgan fingerprint density at radius 2 is 0.740 bits per heavy atom. The molecule has 0 saturated heterocycles. The molecule has 7 heteroatoms. The Morgan fingerprint density at radius 1 is 0.420 bits per heavy atom. The van der Waals surface area contributed by atoms with Gasteiger partial charge in [0, 0.05) is 5.02 Å². The highest BCUT2D eigenvalue weighted by Gasteiger charge is 2.29. The number of hydrogen-bond acceptors (Lipinski definition) is 0. The first kappa shape index (κ1) is 46.8. The van der Waals surface area contributed by atoms with Gasteiger partial charge in [-0.1, -0.05) is 137 Å². The maximum absolute atomic E-state index is 12.6. The molecule has 4 rings (SSSR count). The summed E-state index contributed by atoms with van der Waals surface area (Å²) in [4.78, 5) is 0. The van der Waals surface area contributed by atoms with Gasteiger partial charge in [0.25, 0.3) is 0 Å². The Labute approximate surface area is 303 Å². The van der Waals surface area contributed by atoms with E-state index in [1.54, 1.807) is 6.07 Å². The third-order valence-electron chi connectivity index (χ3n) is 7.92. The van der Waals surface area contributed by atoms with Crippen LogP contribution in [0.3, 0.4) is 0 Å². The Bertz CT molecular complexity index is 1400. The minimum atomic E-state index is -4.23. The number of rotatable bonds is 5. The standard InChI is InChI=1S/C10H11F3.C9H11Cl.C9H10F2.C9H11F.C6H14/c1-7(2)8-3-5-9(6-4-8)10(11,12)13;1-7(2)8-3-5-9(10)6-4-8;1-6(2)7-3-4-8(10)9(11)5-7;1-7(2)8-3-5-9(10)6-4-8;1-5(2)6(3)4/h3-7H,1-2H3;3-7H,1-2H3;3-6H,1-2H3;3-7H,1-2H3;5-6H,1-4H3. The molecule has 0 atom stereocenters. The molecule has 0 N–H and O–H groups in total. The molecule has 50 heavy (non-hydrogen) atoms. The van der Waals surface area contributed by atoms with Gasteiger partial charge in [0.1, 0.15) is 5.82 Å². The van der Waals surface area contributed by atoms with E-state index in [9.17, 15) is 26.3 Å². The van der Waals surface area contributed by atoms with Crippen molar-refractivity contribution in [2.45, 2.75) is 113 Å². The van der Waals surface area contributed by atoms with Gasteiger partial charge in [-0.3, -0.25) is 0 Å². The summed E-state index contributed by atoms with van der Waals surface area (Å²) in [5.74, 6) is 1.58. The van der Waals surface area contributed by atoms with E-state index in [1.807, 2.05) is 52.0 Å². The maximum atomic E-state index is 12.6. The molecule has 0 heterocycles. The van der Waals surface area contributed by atoms with Gasteiger partial charge in [0.2, 0.25) is 0 Å². The third kappa shape index (κ3) is 19.8. The molecule has 0 aromatic heterocycles. The van der Waals surface area contributed by atoms with Crippen molar-refractivity contribution in [1.82, 2.24) is 0 Å².